The Morgan fingerprint density at radius 3 is 2.86 bits per heavy atom. The predicted molar refractivity (Wildman–Crippen MR) is 58.1 cm³/mol. The monoisotopic (exact) mass is 196 g/mol. The summed E-state index contributed by atoms with van der Waals surface area (Å²) in [6.45, 7) is 4.78. The number of carbonyl (C=O) groups excluding carboxylic acids is 1. The number of allylic oxidation sites excluding steroid dienone is 1. The molecule has 0 aromatic rings. The van der Waals surface area contributed by atoms with Gasteiger partial charge in [-0.3, -0.25) is 4.79 Å². The van der Waals surface area contributed by atoms with Crippen molar-refractivity contribution in [3.63, 3.8) is 0 Å². The summed E-state index contributed by atoms with van der Waals surface area (Å²) in [5, 5.41) is 6.16. The molecule has 0 aromatic carbocycles. The molecule has 14 heavy (non-hydrogen) atoms. The van der Waals surface area contributed by atoms with Crippen LogP contribution in [0.4, 0.5) is 0 Å². The van der Waals surface area contributed by atoms with Crippen LogP contribution in [0.5, 0.6) is 0 Å². The Balaban J connectivity index is 2.06. The van der Waals surface area contributed by atoms with Crippen molar-refractivity contribution >= 4 is 5.91 Å². The molecule has 80 valence electrons. The Hall–Kier alpha value is -0.830. The minimum atomic E-state index is -0.0687. The van der Waals surface area contributed by atoms with Gasteiger partial charge in [-0.1, -0.05) is 12.2 Å². The normalized spacial score (nSPS) is 18.4. The van der Waals surface area contributed by atoms with Crippen molar-refractivity contribution in [2.45, 2.75) is 45.2 Å². The molecule has 1 saturated carbocycles. The van der Waals surface area contributed by atoms with Crippen LogP contribution in [-0.2, 0) is 4.79 Å². The molecule has 3 nitrogen and oxygen atoms in total. The van der Waals surface area contributed by atoms with Gasteiger partial charge in [-0.15, -0.1) is 0 Å². The predicted octanol–water partition coefficient (Wildman–Crippen LogP) is 1.21. The molecule has 0 bridgehead atoms. The molecular weight excluding hydrogens is 176 g/mol. The summed E-state index contributed by atoms with van der Waals surface area (Å²) >= 11 is 0. The SMILES string of the molecule is C/C=C/CCNC(C)C(=O)NC1CC1. The van der Waals surface area contributed by atoms with Gasteiger partial charge in [0.25, 0.3) is 0 Å². The Morgan fingerprint density at radius 1 is 1.57 bits per heavy atom. The molecule has 1 fully saturated rings. The van der Waals surface area contributed by atoms with Crippen LogP contribution in [0.25, 0.3) is 0 Å². The molecule has 1 amide bonds. The fraction of sp³-hybridized carbons (Fsp3) is 0.727. The highest BCUT2D eigenvalue weighted by molar-refractivity contribution is 5.81. The van der Waals surface area contributed by atoms with E-state index < -0.39 is 0 Å². The fourth-order valence-electron chi connectivity index (χ4n) is 1.20. The van der Waals surface area contributed by atoms with Crippen molar-refractivity contribution in [2.75, 3.05) is 6.54 Å². The number of amides is 1. The first kappa shape index (κ1) is 11.2. The maximum Gasteiger partial charge on any atom is 0.237 e. The lowest BCUT2D eigenvalue weighted by Gasteiger charge is -2.12. The maximum atomic E-state index is 11.5. The van der Waals surface area contributed by atoms with Gasteiger partial charge in [0.2, 0.25) is 5.91 Å². The Kier molecular flexibility index (Phi) is 4.66. The van der Waals surface area contributed by atoms with Crippen LogP contribution in [0, 0.1) is 0 Å². The van der Waals surface area contributed by atoms with Crippen LogP contribution in [0.3, 0.4) is 0 Å². The molecule has 0 aromatic heterocycles. The molecule has 0 radical (unpaired) electrons. The summed E-state index contributed by atoms with van der Waals surface area (Å²) in [5.41, 5.74) is 0. The van der Waals surface area contributed by atoms with Gasteiger partial charge in [0.05, 0.1) is 6.04 Å². The first-order chi connectivity index (χ1) is 6.74. The van der Waals surface area contributed by atoms with E-state index in [1.807, 2.05) is 19.9 Å². The van der Waals surface area contributed by atoms with Crippen molar-refractivity contribution < 1.29 is 4.79 Å². The Bertz CT molecular complexity index is 209. The van der Waals surface area contributed by atoms with Gasteiger partial charge in [0, 0.05) is 6.04 Å². The van der Waals surface area contributed by atoms with Crippen molar-refractivity contribution in [1.29, 1.82) is 0 Å². The molecule has 0 heterocycles. The van der Waals surface area contributed by atoms with Gasteiger partial charge in [-0.05, 0) is 39.7 Å². The molecule has 0 spiro atoms. The van der Waals surface area contributed by atoms with Gasteiger partial charge in [-0.2, -0.15) is 0 Å². The second-order valence-electron chi connectivity index (χ2n) is 3.82. The molecule has 1 atom stereocenters. The number of nitrogens with one attached hydrogen (secondary N) is 2. The zero-order valence-electron chi connectivity index (χ0n) is 9.05. The Morgan fingerprint density at radius 2 is 2.29 bits per heavy atom. The van der Waals surface area contributed by atoms with Gasteiger partial charge in [0.15, 0.2) is 0 Å². The molecule has 2 N–H and O–H groups in total. The van der Waals surface area contributed by atoms with Crippen LogP contribution in [0.1, 0.15) is 33.1 Å². The lowest BCUT2D eigenvalue weighted by Crippen LogP contribution is -2.43. The highest BCUT2D eigenvalue weighted by atomic mass is 16.2. The zero-order valence-corrected chi connectivity index (χ0v) is 9.05. The number of hydrogen-bond acceptors (Lipinski definition) is 2. The third-order valence-electron chi connectivity index (χ3n) is 2.31. The second-order valence-corrected chi connectivity index (χ2v) is 3.82. The topological polar surface area (TPSA) is 41.1 Å². The molecule has 1 aliphatic carbocycles. The third-order valence-corrected chi connectivity index (χ3v) is 2.31. The molecular formula is C11H20N2O. The molecule has 0 aliphatic heterocycles. The maximum absolute atomic E-state index is 11.5. The van der Waals surface area contributed by atoms with Crippen molar-refractivity contribution in [3.8, 4) is 0 Å². The number of rotatable bonds is 6. The summed E-state index contributed by atoms with van der Waals surface area (Å²) < 4.78 is 0. The Labute approximate surface area is 86.0 Å². The first-order valence-corrected chi connectivity index (χ1v) is 5.39. The number of hydrogen-bond donors (Lipinski definition) is 2. The van der Waals surface area contributed by atoms with Crippen LogP contribution < -0.4 is 10.6 Å². The van der Waals surface area contributed by atoms with E-state index in [0.717, 1.165) is 25.8 Å². The lowest BCUT2D eigenvalue weighted by molar-refractivity contribution is -0.122. The van der Waals surface area contributed by atoms with E-state index in [1.165, 1.54) is 0 Å². The van der Waals surface area contributed by atoms with Gasteiger partial charge in [-0.25, -0.2) is 0 Å². The highest BCUT2D eigenvalue weighted by Crippen LogP contribution is 2.18. The average molecular weight is 196 g/mol. The summed E-state index contributed by atoms with van der Waals surface area (Å²) in [6.07, 6.45) is 7.40. The van der Waals surface area contributed by atoms with Crippen LogP contribution in [0.2, 0.25) is 0 Å². The first-order valence-electron chi connectivity index (χ1n) is 5.39. The largest absolute Gasteiger partial charge is 0.352 e. The molecule has 1 aliphatic rings. The average Bonchev–Trinajstić information content (AvgIpc) is 2.96. The van der Waals surface area contributed by atoms with E-state index in [1.54, 1.807) is 0 Å². The lowest BCUT2D eigenvalue weighted by atomic mass is 10.3. The van der Waals surface area contributed by atoms with Crippen molar-refractivity contribution in [2.24, 2.45) is 0 Å². The van der Waals surface area contributed by atoms with E-state index in [0.29, 0.717) is 6.04 Å². The van der Waals surface area contributed by atoms with E-state index >= 15 is 0 Å². The smallest absolute Gasteiger partial charge is 0.237 e. The minimum Gasteiger partial charge on any atom is -0.352 e. The van der Waals surface area contributed by atoms with E-state index in [2.05, 4.69) is 16.7 Å². The van der Waals surface area contributed by atoms with Crippen LogP contribution >= 0.6 is 0 Å². The van der Waals surface area contributed by atoms with Gasteiger partial charge in [0.1, 0.15) is 0 Å². The van der Waals surface area contributed by atoms with Crippen LogP contribution in [-0.4, -0.2) is 24.5 Å². The van der Waals surface area contributed by atoms with E-state index in [4.69, 9.17) is 0 Å². The standard InChI is InChI=1S/C11H20N2O/c1-3-4-5-8-12-9(2)11(14)13-10-6-7-10/h3-4,9-10,12H,5-8H2,1-2H3,(H,13,14)/b4-3+. The molecule has 0 saturated heterocycles. The summed E-state index contributed by atoms with van der Waals surface area (Å²) in [7, 11) is 0. The van der Waals surface area contributed by atoms with Gasteiger partial charge < -0.3 is 10.6 Å². The zero-order chi connectivity index (χ0) is 10.4. The molecule has 3 heteroatoms. The quantitative estimate of drug-likeness (QED) is 0.495. The summed E-state index contributed by atoms with van der Waals surface area (Å²) in [5.74, 6) is 0.132. The fourth-order valence-corrected chi connectivity index (χ4v) is 1.20. The number of carbonyl (C=O) groups is 1. The second kappa shape index (κ2) is 5.81. The molecule has 1 rings (SSSR count). The van der Waals surface area contributed by atoms with Gasteiger partial charge >= 0.3 is 0 Å². The van der Waals surface area contributed by atoms with Crippen LogP contribution in [0.15, 0.2) is 12.2 Å². The highest BCUT2D eigenvalue weighted by Gasteiger charge is 2.25. The summed E-state index contributed by atoms with van der Waals surface area (Å²) in [4.78, 5) is 11.5. The van der Waals surface area contributed by atoms with E-state index in [9.17, 15) is 4.79 Å². The molecule has 1 unspecified atom stereocenters. The third kappa shape index (κ3) is 4.42. The summed E-state index contributed by atoms with van der Waals surface area (Å²) in [6, 6.07) is 0.392. The minimum absolute atomic E-state index is 0.0687. The van der Waals surface area contributed by atoms with Crippen molar-refractivity contribution in [3.05, 3.63) is 12.2 Å². The van der Waals surface area contributed by atoms with Crippen molar-refractivity contribution in [1.82, 2.24) is 10.6 Å². The van der Waals surface area contributed by atoms with E-state index in [-0.39, 0.29) is 11.9 Å².